The summed E-state index contributed by atoms with van der Waals surface area (Å²) >= 11 is 0. The largest absolute Gasteiger partial charge is 0.382 e. The first-order chi connectivity index (χ1) is 9.98. The molecule has 1 aliphatic heterocycles. The van der Waals surface area contributed by atoms with Gasteiger partial charge in [0.15, 0.2) is 25.6 Å². The summed E-state index contributed by atoms with van der Waals surface area (Å²) in [6.07, 6.45) is 3.88. The Labute approximate surface area is 121 Å². The molecule has 3 rings (SSSR count). The van der Waals surface area contributed by atoms with Crippen molar-refractivity contribution in [2.75, 3.05) is 12.1 Å². The number of nitrogens with two attached hydrogens (primary N) is 1. The smallest absolute Gasteiger partial charge is 0.192 e. The van der Waals surface area contributed by atoms with Crippen LogP contribution in [0, 0.1) is 0 Å². The van der Waals surface area contributed by atoms with Crippen molar-refractivity contribution in [3.63, 3.8) is 0 Å². The van der Waals surface area contributed by atoms with Crippen LogP contribution in [0.4, 0.5) is 5.82 Å². The molecule has 114 valence electrons. The Morgan fingerprint density at radius 1 is 1.52 bits per heavy atom. The van der Waals surface area contributed by atoms with E-state index in [0.29, 0.717) is 29.8 Å². The maximum atomic E-state index is 8.94. The lowest BCUT2D eigenvalue weighted by Gasteiger charge is -2.25. The Bertz CT molecular complexity index is 651. The standard InChI is InChI=1S/C11H16N5O4P/c1-11(19-6-21(17)18)3-2-7(20-11)16-5-15-8-9(12)13-4-14-10(8)16/h4-5,7,17-18H,2-3,6H2,1H3,(H2,12,13,14)/t7-,11+/m1/s1. The van der Waals surface area contributed by atoms with Gasteiger partial charge in [0.2, 0.25) is 0 Å². The molecule has 1 aliphatic rings. The first kappa shape index (κ1) is 14.6. The predicted octanol–water partition coefficient (Wildman–Crippen LogP) is 0.704. The van der Waals surface area contributed by atoms with Crippen molar-refractivity contribution in [3.05, 3.63) is 12.7 Å². The molecule has 4 N–H and O–H groups in total. The van der Waals surface area contributed by atoms with Gasteiger partial charge in [-0.05, 0) is 13.3 Å². The van der Waals surface area contributed by atoms with E-state index in [9.17, 15) is 0 Å². The van der Waals surface area contributed by atoms with Crippen LogP contribution in [0.3, 0.4) is 0 Å². The van der Waals surface area contributed by atoms with Crippen LogP contribution in [0.2, 0.25) is 0 Å². The topological polar surface area (TPSA) is 129 Å². The Balaban J connectivity index is 1.80. The minimum absolute atomic E-state index is 0.141. The first-order valence-electron chi connectivity index (χ1n) is 6.38. The molecule has 10 heteroatoms. The van der Waals surface area contributed by atoms with Crippen molar-refractivity contribution < 1.29 is 19.3 Å². The zero-order valence-corrected chi connectivity index (χ0v) is 12.3. The van der Waals surface area contributed by atoms with Gasteiger partial charge in [-0.2, -0.15) is 0 Å². The maximum absolute atomic E-state index is 8.94. The molecule has 3 heterocycles. The van der Waals surface area contributed by atoms with E-state index in [4.69, 9.17) is 25.0 Å². The van der Waals surface area contributed by atoms with Gasteiger partial charge in [0, 0.05) is 6.42 Å². The molecular formula is C11H16N5O4P. The number of ether oxygens (including phenoxy) is 2. The van der Waals surface area contributed by atoms with Crippen LogP contribution < -0.4 is 5.73 Å². The Morgan fingerprint density at radius 3 is 3.10 bits per heavy atom. The summed E-state index contributed by atoms with van der Waals surface area (Å²) in [5.41, 5.74) is 6.89. The molecule has 0 saturated carbocycles. The number of anilines is 1. The molecule has 0 unspecified atom stereocenters. The number of imidazole rings is 1. The Hall–Kier alpha value is -1.38. The molecule has 21 heavy (non-hydrogen) atoms. The average molecular weight is 313 g/mol. The number of nitrogen functional groups attached to an aromatic ring is 1. The highest BCUT2D eigenvalue weighted by molar-refractivity contribution is 7.44. The van der Waals surface area contributed by atoms with Crippen LogP contribution in [0.1, 0.15) is 26.0 Å². The number of aromatic nitrogens is 4. The third-order valence-electron chi connectivity index (χ3n) is 3.41. The van der Waals surface area contributed by atoms with Gasteiger partial charge in [-0.1, -0.05) is 0 Å². The maximum Gasteiger partial charge on any atom is 0.192 e. The molecule has 0 aromatic carbocycles. The summed E-state index contributed by atoms with van der Waals surface area (Å²) < 4.78 is 13.1. The van der Waals surface area contributed by atoms with Gasteiger partial charge in [-0.25, -0.2) is 15.0 Å². The van der Waals surface area contributed by atoms with Crippen molar-refractivity contribution in [2.24, 2.45) is 0 Å². The van der Waals surface area contributed by atoms with Crippen molar-refractivity contribution in [1.29, 1.82) is 0 Å². The molecule has 2 atom stereocenters. The number of fused-ring (bicyclic) bond motifs is 1. The normalized spacial score (nSPS) is 26.0. The van der Waals surface area contributed by atoms with Crippen LogP contribution >= 0.6 is 8.38 Å². The second kappa shape index (κ2) is 5.43. The molecule has 0 amide bonds. The van der Waals surface area contributed by atoms with Gasteiger partial charge in [0.05, 0.1) is 6.33 Å². The van der Waals surface area contributed by atoms with E-state index < -0.39 is 14.2 Å². The van der Waals surface area contributed by atoms with E-state index in [1.165, 1.54) is 6.33 Å². The number of hydrogen-bond acceptors (Lipinski definition) is 8. The molecule has 9 nitrogen and oxygen atoms in total. The van der Waals surface area contributed by atoms with Crippen molar-refractivity contribution in [3.8, 4) is 0 Å². The van der Waals surface area contributed by atoms with Crippen LogP contribution in [0.15, 0.2) is 12.7 Å². The zero-order valence-electron chi connectivity index (χ0n) is 11.4. The highest BCUT2D eigenvalue weighted by Gasteiger charge is 2.39. The van der Waals surface area contributed by atoms with E-state index in [2.05, 4.69) is 15.0 Å². The molecule has 0 spiro atoms. The van der Waals surface area contributed by atoms with Gasteiger partial charge in [0.25, 0.3) is 0 Å². The first-order valence-corrected chi connectivity index (χ1v) is 7.82. The van der Waals surface area contributed by atoms with Gasteiger partial charge in [0.1, 0.15) is 24.4 Å². The van der Waals surface area contributed by atoms with E-state index in [1.54, 1.807) is 17.8 Å². The minimum Gasteiger partial charge on any atom is -0.382 e. The van der Waals surface area contributed by atoms with E-state index in [0.717, 1.165) is 0 Å². The SMILES string of the molecule is C[C@@]1(OCP(O)O)CC[C@H](n2cnc3c(N)ncnc32)O1. The van der Waals surface area contributed by atoms with Crippen LogP contribution in [0.5, 0.6) is 0 Å². The number of nitrogens with zero attached hydrogens (tertiary/aromatic N) is 4. The quantitative estimate of drug-likeness (QED) is 0.704. The second-order valence-corrected chi connectivity index (χ2v) is 5.98. The van der Waals surface area contributed by atoms with Crippen LogP contribution in [-0.4, -0.2) is 41.4 Å². The lowest BCUT2D eigenvalue weighted by molar-refractivity contribution is -0.218. The Kier molecular flexibility index (Phi) is 3.76. The van der Waals surface area contributed by atoms with E-state index >= 15 is 0 Å². The summed E-state index contributed by atoms with van der Waals surface area (Å²) in [4.78, 5) is 30.2. The van der Waals surface area contributed by atoms with Crippen molar-refractivity contribution >= 4 is 25.4 Å². The number of rotatable bonds is 4. The molecule has 1 fully saturated rings. The van der Waals surface area contributed by atoms with Gasteiger partial charge in [-0.15, -0.1) is 0 Å². The number of hydrogen-bond donors (Lipinski definition) is 3. The summed E-state index contributed by atoms with van der Waals surface area (Å²) in [7, 11) is -2.10. The highest BCUT2D eigenvalue weighted by atomic mass is 31.2. The zero-order chi connectivity index (χ0) is 15.0. The Morgan fingerprint density at radius 2 is 2.33 bits per heavy atom. The van der Waals surface area contributed by atoms with Gasteiger partial charge in [-0.3, -0.25) is 4.57 Å². The predicted molar refractivity (Wildman–Crippen MR) is 74.8 cm³/mol. The van der Waals surface area contributed by atoms with Gasteiger partial charge >= 0.3 is 0 Å². The summed E-state index contributed by atoms with van der Waals surface area (Å²) in [5, 5.41) is 0. The molecule has 2 aromatic rings. The fraction of sp³-hybridized carbons (Fsp3) is 0.545. The van der Waals surface area contributed by atoms with E-state index in [1.807, 2.05) is 0 Å². The highest BCUT2D eigenvalue weighted by Crippen LogP contribution is 2.40. The lowest BCUT2D eigenvalue weighted by Crippen LogP contribution is -2.28. The fourth-order valence-electron chi connectivity index (χ4n) is 2.37. The van der Waals surface area contributed by atoms with Crippen LogP contribution in [-0.2, 0) is 9.47 Å². The average Bonchev–Trinajstić information content (AvgIpc) is 3.02. The third-order valence-corrected chi connectivity index (χ3v) is 3.77. The summed E-state index contributed by atoms with van der Waals surface area (Å²) in [6, 6.07) is 0. The second-order valence-electron chi connectivity index (χ2n) is 4.97. The van der Waals surface area contributed by atoms with Crippen LogP contribution in [0.25, 0.3) is 11.2 Å². The molecule has 0 radical (unpaired) electrons. The van der Waals surface area contributed by atoms with E-state index in [-0.39, 0.29) is 12.6 Å². The molecule has 1 saturated heterocycles. The van der Waals surface area contributed by atoms with Crippen molar-refractivity contribution in [2.45, 2.75) is 31.8 Å². The molecule has 0 aliphatic carbocycles. The third kappa shape index (κ3) is 2.83. The lowest BCUT2D eigenvalue weighted by atomic mass is 10.2. The summed E-state index contributed by atoms with van der Waals surface area (Å²) in [5.74, 6) is -0.534. The molecule has 0 bridgehead atoms. The monoisotopic (exact) mass is 313 g/mol. The van der Waals surface area contributed by atoms with Crippen molar-refractivity contribution in [1.82, 2.24) is 19.5 Å². The summed E-state index contributed by atoms with van der Waals surface area (Å²) in [6.45, 7) is 1.77. The fourth-order valence-corrected chi connectivity index (χ4v) is 2.76. The molecule has 2 aromatic heterocycles. The van der Waals surface area contributed by atoms with Gasteiger partial charge < -0.3 is 25.0 Å². The minimum atomic E-state index is -2.10. The molecular weight excluding hydrogens is 297 g/mol.